The molecular formula is C12H15NOS. The Balaban J connectivity index is 2.21. The first-order chi connectivity index (χ1) is 7.31. The smallest absolute Gasteiger partial charge is 0.232 e. The first-order valence-corrected chi connectivity index (χ1v) is 5.90. The average Bonchev–Trinajstić information content (AvgIpc) is 2.49. The van der Waals surface area contributed by atoms with Gasteiger partial charge in [-0.2, -0.15) is 12.6 Å². The van der Waals surface area contributed by atoms with Crippen LogP contribution in [-0.2, 0) is 17.8 Å². The molecule has 80 valence electrons. The lowest BCUT2D eigenvalue weighted by molar-refractivity contribution is -0.128. The van der Waals surface area contributed by atoms with E-state index in [9.17, 15) is 4.79 Å². The van der Waals surface area contributed by atoms with Gasteiger partial charge < -0.3 is 4.90 Å². The molecule has 0 aromatic heterocycles. The second kappa shape index (κ2) is 4.71. The maximum absolute atomic E-state index is 11.6. The predicted octanol–water partition coefficient (Wildman–Crippen LogP) is 1.89. The molecule has 1 amide bonds. The van der Waals surface area contributed by atoms with E-state index in [0.717, 1.165) is 25.9 Å². The summed E-state index contributed by atoms with van der Waals surface area (Å²) in [5.41, 5.74) is 2.66. The quantitative estimate of drug-likeness (QED) is 0.718. The minimum atomic E-state index is 0.134. The first kappa shape index (κ1) is 10.6. The highest BCUT2D eigenvalue weighted by Crippen LogP contribution is 2.18. The van der Waals surface area contributed by atoms with Crippen molar-refractivity contribution in [3.05, 3.63) is 35.4 Å². The molecule has 0 N–H and O–H groups in total. The zero-order valence-electron chi connectivity index (χ0n) is 8.65. The zero-order valence-corrected chi connectivity index (χ0v) is 9.54. The molecule has 0 saturated carbocycles. The number of benzene rings is 1. The lowest BCUT2D eigenvalue weighted by Crippen LogP contribution is -2.31. The van der Waals surface area contributed by atoms with Gasteiger partial charge in [-0.05, 0) is 24.0 Å². The van der Waals surface area contributed by atoms with Crippen LogP contribution < -0.4 is 0 Å². The third-order valence-corrected chi connectivity index (χ3v) is 3.11. The van der Waals surface area contributed by atoms with E-state index in [2.05, 4.69) is 30.8 Å². The molecule has 15 heavy (non-hydrogen) atoms. The maximum atomic E-state index is 11.6. The van der Waals surface area contributed by atoms with Gasteiger partial charge in [-0.1, -0.05) is 24.3 Å². The minimum Gasteiger partial charge on any atom is -0.338 e. The number of fused-ring (bicyclic) bond motifs is 1. The van der Waals surface area contributed by atoms with E-state index in [0.29, 0.717) is 5.75 Å². The van der Waals surface area contributed by atoms with Crippen LogP contribution in [0.15, 0.2) is 24.3 Å². The summed E-state index contributed by atoms with van der Waals surface area (Å²) in [5, 5.41) is 0. The molecule has 0 spiro atoms. The Morgan fingerprint density at radius 2 is 2.07 bits per heavy atom. The molecule has 0 aliphatic carbocycles. The lowest BCUT2D eigenvalue weighted by atomic mass is 10.0. The molecule has 2 rings (SSSR count). The first-order valence-electron chi connectivity index (χ1n) is 5.26. The Bertz CT molecular complexity index is 364. The normalized spacial score (nSPS) is 15.7. The summed E-state index contributed by atoms with van der Waals surface area (Å²) in [6.07, 6.45) is 2.13. The standard InChI is InChI=1S/C12H15NOS/c14-12(9-15)13-7-3-6-10-4-1-2-5-11(10)8-13/h1-2,4-5,15H,3,6-9H2. The largest absolute Gasteiger partial charge is 0.338 e. The molecule has 1 aliphatic rings. The minimum absolute atomic E-state index is 0.134. The molecule has 0 radical (unpaired) electrons. The lowest BCUT2D eigenvalue weighted by Gasteiger charge is -2.19. The van der Waals surface area contributed by atoms with Gasteiger partial charge >= 0.3 is 0 Å². The van der Waals surface area contributed by atoms with Gasteiger partial charge in [0.1, 0.15) is 0 Å². The van der Waals surface area contributed by atoms with Crippen LogP contribution in [0.1, 0.15) is 17.5 Å². The summed E-state index contributed by atoms with van der Waals surface area (Å²) >= 11 is 4.04. The number of nitrogens with zero attached hydrogens (tertiary/aromatic N) is 1. The van der Waals surface area contributed by atoms with Crippen LogP contribution in [0.25, 0.3) is 0 Å². The molecule has 1 aromatic rings. The van der Waals surface area contributed by atoms with Crippen LogP contribution >= 0.6 is 12.6 Å². The van der Waals surface area contributed by atoms with Crippen molar-refractivity contribution in [2.24, 2.45) is 0 Å². The van der Waals surface area contributed by atoms with Gasteiger partial charge in [-0.25, -0.2) is 0 Å². The van der Waals surface area contributed by atoms with Gasteiger partial charge in [0, 0.05) is 13.1 Å². The molecule has 1 aromatic carbocycles. The summed E-state index contributed by atoms with van der Waals surface area (Å²) in [7, 11) is 0. The van der Waals surface area contributed by atoms with Crippen LogP contribution in [0.2, 0.25) is 0 Å². The Kier molecular flexibility index (Phi) is 3.31. The second-order valence-corrected chi connectivity index (χ2v) is 4.16. The third-order valence-electron chi connectivity index (χ3n) is 2.84. The highest BCUT2D eigenvalue weighted by atomic mass is 32.1. The SMILES string of the molecule is O=C(CS)N1CCCc2ccccc2C1. The van der Waals surface area contributed by atoms with Crippen molar-refractivity contribution >= 4 is 18.5 Å². The van der Waals surface area contributed by atoms with E-state index in [1.807, 2.05) is 11.0 Å². The van der Waals surface area contributed by atoms with E-state index in [4.69, 9.17) is 0 Å². The topological polar surface area (TPSA) is 20.3 Å². The average molecular weight is 221 g/mol. The monoisotopic (exact) mass is 221 g/mol. The van der Waals surface area contributed by atoms with Crippen molar-refractivity contribution in [3.63, 3.8) is 0 Å². The fourth-order valence-electron chi connectivity index (χ4n) is 2.01. The maximum Gasteiger partial charge on any atom is 0.232 e. The Morgan fingerprint density at radius 1 is 1.33 bits per heavy atom. The molecular weight excluding hydrogens is 206 g/mol. The van der Waals surface area contributed by atoms with Gasteiger partial charge in [0.25, 0.3) is 0 Å². The number of thiol groups is 1. The summed E-state index contributed by atoms with van der Waals surface area (Å²) in [4.78, 5) is 13.5. The van der Waals surface area contributed by atoms with Crippen molar-refractivity contribution in [1.82, 2.24) is 4.90 Å². The van der Waals surface area contributed by atoms with Crippen molar-refractivity contribution < 1.29 is 4.79 Å². The van der Waals surface area contributed by atoms with Crippen LogP contribution in [0, 0.1) is 0 Å². The Hall–Kier alpha value is -0.960. The highest BCUT2D eigenvalue weighted by Gasteiger charge is 2.17. The second-order valence-electron chi connectivity index (χ2n) is 3.85. The highest BCUT2D eigenvalue weighted by molar-refractivity contribution is 7.81. The molecule has 2 nitrogen and oxygen atoms in total. The number of carbonyl (C=O) groups excluding carboxylic acids is 1. The van der Waals surface area contributed by atoms with Gasteiger partial charge in [0.2, 0.25) is 5.91 Å². The van der Waals surface area contributed by atoms with Crippen LogP contribution in [0.5, 0.6) is 0 Å². The number of aryl methyl sites for hydroxylation is 1. The van der Waals surface area contributed by atoms with E-state index in [1.54, 1.807) is 0 Å². The molecule has 0 fully saturated rings. The number of hydrogen-bond donors (Lipinski definition) is 1. The molecule has 3 heteroatoms. The van der Waals surface area contributed by atoms with E-state index < -0.39 is 0 Å². The molecule has 0 atom stereocenters. The summed E-state index contributed by atoms with van der Waals surface area (Å²) in [5.74, 6) is 0.442. The van der Waals surface area contributed by atoms with Crippen molar-refractivity contribution in [2.75, 3.05) is 12.3 Å². The van der Waals surface area contributed by atoms with Crippen molar-refractivity contribution in [3.8, 4) is 0 Å². The van der Waals surface area contributed by atoms with Gasteiger partial charge in [0.05, 0.1) is 5.75 Å². The predicted molar refractivity (Wildman–Crippen MR) is 64.0 cm³/mol. The van der Waals surface area contributed by atoms with Crippen LogP contribution in [0.4, 0.5) is 0 Å². The number of hydrogen-bond acceptors (Lipinski definition) is 2. The van der Waals surface area contributed by atoms with Crippen LogP contribution in [-0.4, -0.2) is 23.1 Å². The van der Waals surface area contributed by atoms with Gasteiger partial charge in [-0.3, -0.25) is 4.79 Å². The number of carbonyl (C=O) groups is 1. The Labute approximate surface area is 95.7 Å². The zero-order chi connectivity index (χ0) is 10.7. The molecule has 0 unspecified atom stereocenters. The van der Waals surface area contributed by atoms with Crippen LogP contribution in [0.3, 0.4) is 0 Å². The summed E-state index contributed by atoms with van der Waals surface area (Å²) < 4.78 is 0. The van der Waals surface area contributed by atoms with Crippen molar-refractivity contribution in [2.45, 2.75) is 19.4 Å². The molecule has 0 bridgehead atoms. The van der Waals surface area contributed by atoms with Gasteiger partial charge in [-0.15, -0.1) is 0 Å². The van der Waals surface area contributed by atoms with E-state index >= 15 is 0 Å². The summed E-state index contributed by atoms with van der Waals surface area (Å²) in [6, 6.07) is 8.37. The summed E-state index contributed by atoms with van der Waals surface area (Å²) in [6.45, 7) is 1.60. The van der Waals surface area contributed by atoms with Gasteiger partial charge in [0.15, 0.2) is 0 Å². The molecule has 1 aliphatic heterocycles. The fourth-order valence-corrected chi connectivity index (χ4v) is 2.21. The molecule has 0 saturated heterocycles. The van der Waals surface area contributed by atoms with Crippen molar-refractivity contribution in [1.29, 1.82) is 0 Å². The fraction of sp³-hybridized carbons (Fsp3) is 0.417. The molecule has 1 heterocycles. The number of rotatable bonds is 1. The van der Waals surface area contributed by atoms with E-state index in [1.165, 1.54) is 11.1 Å². The Morgan fingerprint density at radius 3 is 2.80 bits per heavy atom. The third kappa shape index (κ3) is 2.34. The van der Waals surface area contributed by atoms with E-state index in [-0.39, 0.29) is 5.91 Å². The number of amides is 1.